The lowest BCUT2D eigenvalue weighted by Gasteiger charge is -2.17. The number of hydrogen-bond donors (Lipinski definition) is 1. The molecule has 0 radical (unpaired) electrons. The molecule has 1 N–H and O–H groups in total. The normalized spacial score (nSPS) is 14.7. The minimum absolute atomic E-state index is 0.0850. The number of ether oxygens (including phenoxy) is 1. The zero-order valence-electron chi connectivity index (χ0n) is 12.5. The quantitative estimate of drug-likeness (QED) is 0.493. The summed E-state index contributed by atoms with van der Waals surface area (Å²) in [5.74, 6) is -1.14. The van der Waals surface area contributed by atoms with Crippen molar-refractivity contribution in [3.8, 4) is 0 Å². The topological polar surface area (TPSA) is 98.5 Å². The second-order valence-electron chi connectivity index (χ2n) is 5.37. The highest BCUT2D eigenvalue weighted by Gasteiger charge is 2.31. The summed E-state index contributed by atoms with van der Waals surface area (Å²) in [5.41, 5.74) is 0.551. The van der Waals surface area contributed by atoms with Crippen LogP contribution < -0.4 is 5.32 Å². The Bertz CT molecular complexity index is 770. The van der Waals surface area contributed by atoms with Crippen LogP contribution in [0.15, 0.2) is 42.5 Å². The Kier molecular flexibility index (Phi) is 4.57. The van der Waals surface area contributed by atoms with E-state index in [4.69, 9.17) is 4.74 Å². The van der Waals surface area contributed by atoms with E-state index in [0.29, 0.717) is 5.56 Å². The molecular weight excluding hydrogens is 332 g/mol. The Morgan fingerprint density at radius 2 is 1.92 bits per heavy atom. The Morgan fingerprint density at radius 3 is 2.50 bits per heavy atom. The number of rotatable bonds is 6. The molecule has 1 amide bonds. The largest absolute Gasteiger partial charge is 0.443 e. The summed E-state index contributed by atoms with van der Waals surface area (Å²) in [6, 6.07) is 11.4. The molecule has 0 bridgehead atoms. The molecule has 1 atom stereocenters. The first kappa shape index (κ1) is 16.1. The van der Waals surface area contributed by atoms with Crippen molar-refractivity contribution >= 4 is 28.2 Å². The van der Waals surface area contributed by atoms with E-state index in [0.717, 1.165) is 24.2 Å². The van der Waals surface area contributed by atoms with Crippen LogP contribution in [0.5, 0.6) is 0 Å². The van der Waals surface area contributed by atoms with Crippen LogP contribution in [0.1, 0.15) is 34.2 Å². The van der Waals surface area contributed by atoms with Gasteiger partial charge in [-0.25, -0.2) is 4.79 Å². The molecule has 124 valence electrons. The van der Waals surface area contributed by atoms with Crippen LogP contribution in [-0.2, 0) is 9.53 Å². The maximum Gasteiger partial charge on any atom is 0.349 e. The molecule has 3 rings (SSSR count). The van der Waals surface area contributed by atoms with Crippen molar-refractivity contribution in [2.75, 3.05) is 0 Å². The van der Waals surface area contributed by atoms with Gasteiger partial charge in [0, 0.05) is 17.7 Å². The highest BCUT2D eigenvalue weighted by atomic mass is 32.1. The van der Waals surface area contributed by atoms with Crippen LogP contribution in [0.2, 0.25) is 0 Å². The summed E-state index contributed by atoms with van der Waals surface area (Å²) >= 11 is 0.719. The monoisotopic (exact) mass is 346 g/mol. The summed E-state index contributed by atoms with van der Waals surface area (Å²) in [6.45, 7) is 0. The Labute approximate surface area is 141 Å². The smallest absolute Gasteiger partial charge is 0.349 e. The number of amides is 1. The van der Waals surface area contributed by atoms with E-state index in [1.165, 1.54) is 12.1 Å². The van der Waals surface area contributed by atoms with Crippen molar-refractivity contribution in [1.82, 2.24) is 5.32 Å². The Hall–Kier alpha value is -2.74. The highest BCUT2D eigenvalue weighted by Crippen LogP contribution is 2.28. The van der Waals surface area contributed by atoms with Crippen LogP contribution in [-0.4, -0.2) is 22.8 Å². The van der Waals surface area contributed by atoms with Crippen molar-refractivity contribution < 1.29 is 19.2 Å². The van der Waals surface area contributed by atoms with E-state index in [-0.39, 0.29) is 21.8 Å². The minimum atomic E-state index is -1.08. The molecule has 24 heavy (non-hydrogen) atoms. The van der Waals surface area contributed by atoms with Gasteiger partial charge in [0.25, 0.3) is 5.91 Å². The number of benzene rings is 1. The molecule has 0 spiro atoms. The molecule has 2 aromatic rings. The fraction of sp³-hybridized carbons (Fsp3) is 0.250. The average Bonchev–Trinajstić information content (AvgIpc) is 3.24. The maximum absolute atomic E-state index is 12.4. The van der Waals surface area contributed by atoms with E-state index in [2.05, 4.69) is 5.32 Å². The van der Waals surface area contributed by atoms with Crippen LogP contribution in [0.25, 0.3) is 0 Å². The molecule has 1 aliphatic rings. The number of nitrogens with zero attached hydrogens (tertiary/aromatic N) is 1. The van der Waals surface area contributed by atoms with Crippen molar-refractivity contribution in [3.05, 3.63) is 63.0 Å². The second-order valence-corrected chi connectivity index (χ2v) is 6.44. The molecule has 7 nitrogen and oxygen atoms in total. The van der Waals surface area contributed by atoms with Crippen molar-refractivity contribution in [3.63, 3.8) is 0 Å². The highest BCUT2D eigenvalue weighted by molar-refractivity contribution is 7.17. The number of nitro groups is 1. The predicted molar refractivity (Wildman–Crippen MR) is 86.7 cm³/mol. The van der Waals surface area contributed by atoms with Crippen LogP contribution >= 0.6 is 11.3 Å². The third-order valence-electron chi connectivity index (χ3n) is 3.46. The molecule has 1 aromatic heterocycles. The molecule has 1 heterocycles. The number of carbonyl (C=O) groups is 2. The molecule has 8 heteroatoms. The fourth-order valence-corrected chi connectivity index (χ4v) is 2.81. The first-order chi connectivity index (χ1) is 11.5. The van der Waals surface area contributed by atoms with Crippen molar-refractivity contribution in [1.29, 1.82) is 0 Å². The van der Waals surface area contributed by atoms with E-state index >= 15 is 0 Å². The molecule has 0 unspecified atom stereocenters. The van der Waals surface area contributed by atoms with Gasteiger partial charge in [-0.3, -0.25) is 14.9 Å². The summed E-state index contributed by atoms with van der Waals surface area (Å²) < 4.78 is 5.34. The Balaban J connectivity index is 1.78. The zero-order chi connectivity index (χ0) is 17.1. The van der Waals surface area contributed by atoms with Gasteiger partial charge in [0.2, 0.25) is 6.10 Å². The summed E-state index contributed by atoms with van der Waals surface area (Å²) in [5, 5.41) is 13.4. The number of hydrogen-bond acceptors (Lipinski definition) is 6. The van der Waals surface area contributed by atoms with Crippen LogP contribution in [0.3, 0.4) is 0 Å². The van der Waals surface area contributed by atoms with Gasteiger partial charge in [0.05, 0.1) is 4.92 Å². The van der Waals surface area contributed by atoms with Crippen LogP contribution in [0, 0.1) is 10.1 Å². The van der Waals surface area contributed by atoms with Gasteiger partial charge in [-0.2, -0.15) is 0 Å². The third-order valence-corrected chi connectivity index (χ3v) is 4.48. The summed E-state index contributed by atoms with van der Waals surface area (Å²) in [6.07, 6.45) is 0.747. The standard InChI is InChI=1S/C16H14N2O5S/c19-15(17-11-6-7-11)14(10-4-2-1-3-5-10)23-16(20)12-8-9-13(24-12)18(21)22/h1-5,8-9,11,14H,6-7H2,(H,17,19)/t14-/m0/s1. The lowest BCUT2D eigenvalue weighted by atomic mass is 10.1. The van der Waals surface area contributed by atoms with E-state index < -0.39 is 17.0 Å². The first-order valence-electron chi connectivity index (χ1n) is 7.35. The number of esters is 1. The SMILES string of the molecule is O=C(O[C@H](C(=O)NC1CC1)c1ccccc1)c1ccc([N+](=O)[O-])s1. The third kappa shape index (κ3) is 3.77. The molecule has 1 aliphatic carbocycles. The number of thiophene rings is 1. The van der Waals surface area contributed by atoms with Gasteiger partial charge in [-0.15, -0.1) is 0 Å². The van der Waals surface area contributed by atoms with Crippen molar-refractivity contribution in [2.24, 2.45) is 0 Å². The van der Waals surface area contributed by atoms with Gasteiger partial charge < -0.3 is 10.1 Å². The molecule has 1 fully saturated rings. The van der Waals surface area contributed by atoms with Gasteiger partial charge in [0.1, 0.15) is 4.88 Å². The van der Waals surface area contributed by atoms with E-state index in [1.54, 1.807) is 30.3 Å². The maximum atomic E-state index is 12.4. The van der Waals surface area contributed by atoms with E-state index in [9.17, 15) is 19.7 Å². The molecule has 1 aromatic carbocycles. The number of carbonyl (C=O) groups excluding carboxylic acids is 2. The second kappa shape index (κ2) is 6.79. The Morgan fingerprint density at radius 1 is 1.21 bits per heavy atom. The lowest BCUT2D eigenvalue weighted by Crippen LogP contribution is -2.33. The van der Waals surface area contributed by atoms with E-state index in [1.807, 2.05) is 0 Å². The van der Waals surface area contributed by atoms with Crippen molar-refractivity contribution in [2.45, 2.75) is 25.0 Å². The lowest BCUT2D eigenvalue weighted by molar-refractivity contribution is -0.380. The predicted octanol–water partition coefficient (Wildman–Crippen LogP) is 2.83. The fourth-order valence-electron chi connectivity index (χ4n) is 2.11. The van der Waals surface area contributed by atoms with Crippen LogP contribution in [0.4, 0.5) is 5.00 Å². The molecule has 0 aliphatic heterocycles. The van der Waals surface area contributed by atoms with Gasteiger partial charge in [-0.05, 0) is 18.9 Å². The van der Waals surface area contributed by atoms with Gasteiger partial charge in [0.15, 0.2) is 0 Å². The average molecular weight is 346 g/mol. The molecular formula is C16H14N2O5S. The summed E-state index contributed by atoms with van der Waals surface area (Å²) in [4.78, 5) is 34.9. The van der Waals surface area contributed by atoms with Gasteiger partial charge in [-0.1, -0.05) is 41.7 Å². The minimum Gasteiger partial charge on any atom is -0.443 e. The molecule has 0 saturated heterocycles. The summed E-state index contributed by atoms with van der Waals surface area (Å²) in [7, 11) is 0. The number of nitrogens with one attached hydrogen (secondary N) is 1. The van der Waals surface area contributed by atoms with Gasteiger partial charge >= 0.3 is 11.0 Å². The molecule has 1 saturated carbocycles. The first-order valence-corrected chi connectivity index (χ1v) is 8.17. The zero-order valence-corrected chi connectivity index (χ0v) is 13.3.